The Labute approximate surface area is 126 Å². The molecule has 114 valence electrons. The normalized spacial score (nSPS) is 14.4. The van der Waals surface area contributed by atoms with Crippen molar-refractivity contribution < 1.29 is 9.84 Å². The molecule has 1 rings (SSSR count). The van der Waals surface area contributed by atoms with Crippen molar-refractivity contribution in [1.29, 1.82) is 0 Å². The highest BCUT2D eigenvalue weighted by Crippen LogP contribution is 2.36. The molecular formula is C15H25ClN2O2. The van der Waals surface area contributed by atoms with Crippen LogP contribution in [0.25, 0.3) is 0 Å². The SMILES string of the molecule is COc1cc(C)c(Cl)c(C)c1C(O)C(N)CCN(C)C. The number of aryl methyl sites for hydroxylation is 1. The molecule has 0 saturated carbocycles. The van der Waals surface area contributed by atoms with Crippen molar-refractivity contribution in [2.24, 2.45) is 5.73 Å². The van der Waals surface area contributed by atoms with E-state index in [4.69, 9.17) is 22.1 Å². The van der Waals surface area contributed by atoms with Gasteiger partial charge in [-0.25, -0.2) is 0 Å². The Morgan fingerprint density at radius 3 is 2.50 bits per heavy atom. The molecule has 0 radical (unpaired) electrons. The van der Waals surface area contributed by atoms with E-state index in [0.29, 0.717) is 22.8 Å². The minimum absolute atomic E-state index is 0.358. The highest BCUT2D eigenvalue weighted by atomic mass is 35.5. The van der Waals surface area contributed by atoms with E-state index in [1.165, 1.54) is 0 Å². The Bertz CT molecular complexity index is 464. The molecule has 5 heteroatoms. The van der Waals surface area contributed by atoms with Crippen LogP contribution in [0.1, 0.15) is 29.2 Å². The molecule has 2 atom stereocenters. The summed E-state index contributed by atoms with van der Waals surface area (Å²) in [6.07, 6.45) is -0.0922. The number of hydrogen-bond acceptors (Lipinski definition) is 4. The summed E-state index contributed by atoms with van der Waals surface area (Å²) in [4.78, 5) is 2.04. The zero-order valence-electron chi connectivity index (χ0n) is 12.9. The molecule has 0 aromatic heterocycles. The number of aliphatic hydroxyl groups is 1. The maximum Gasteiger partial charge on any atom is 0.125 e. The van der Waals surface area contributed by atoms with Crippen LogP contribution in [0.3, 0.4) is 0 Å². The largest absolute Gasteiger partial charge is 0.496 e. The van der Waals surface area contributed by atoms with E-state index in [9.17, 15) is 5.11 Å². The molecule has 0 fully saturated rings. The summed E-state index contributed by atoms with van der Waals surface area (Å²) in [5.41, 5.74) is 8.55. The van der Waals surface area contributed by atoms with Gasteiger partial charge in [-0.3, -0.25) is 0 Å². The van der Waals surface area contributed by atoms with Gasteiger partial charge in [0, 0.05) is 16.6 Å². The molecule has 0 saturated heterocycles. The molecule has 1 aromatic rings. The lowest BCUT2D eigenvalue weighted by atomic mass is 9.94. The monoisotopic (exact) mass is 300 g/mol. The number of benzene rings is 1. The fourth-order valence-corrected chi connectivity index (χ4v) is 2.41. The lowest BCUT2D eigenvalue weighted by Crippen LogP contribution is -2.32. The van der Waals surface area contributed by atoms with Crippen molar-refractivity contribution in [3.05, 3.63) is 27.8 Å². The molecule has 3 N–H and O–H groups in total. The molecule has 4 nitrogen and oxygen atoms in total. The van der Waals surface area contributed by atoms with Crippen LogP contribution >= 0.6 is 11.6 Å². The second-order valence-corrected chi connectivity index (χ2v) is 5.83. The van der Waals surface area contributed by atoms with Crippen molar-refractivity contribution in [2.75, 3.05) is 27.7 Å². The minimum atomic E-state index is -0.789. The number of rotatable bonds is 6. The third-order valence-electron chi connectivity index (χ3n) is 3.52. The molecule has 0 heterocycles. The van der Waals surface area contributed by atoms with E-state index in [0.717, 1.165) is 17.7 Å². The quantitative estimate of drug-likeness (QED) is 0.846. The molecule has 0 aliphatic heterocycles. The number of nitrogens with zero attached hydrogens (tertiary/aromatic N) is 1. The highest BCUT2D eigenvalue weighted by Gasteiger charge is 2.24. The summed E-state index contributed by atoms with van der Waals surface area (Å²) >= 11 is 6.27. The van der Waals surface area contributed by atoms with Gasteiger partial charge in [0.25, 0.3) is 0 Å². The average molecular weight is 301 g/mol. The van der Waals surface area contributed by atoms with Crippen LogP contribution in [0, 0.1) is 13.8 Å². The Balaban J connectivity index is 3.08. The molecular weight excluding hydrogens is 276 g/mol. The molecule has 0 spiro atoms. The van der Waals surface area contributed by atoms with Gasteiger partial charge in [-0.1, -0.05) is 11.6 Å². The van der Waals surface area contributed by atoms with E-state index in [1.807, 2.05) is 38.9 Å². The Kier molecular flexibility index (Phi) is 6.27. The number of methoxy groups -OCH3 is 1. The zero-order valence-corrected chi connectivity index (χ0v) is 13.7. The first-order valence-electron chi connectivity index (χ1n) is 6.71. The van der Waals surface area contributed by atoms with E-state index in [1.54, 1.807) is 7.11 Å². The Hall–Kier alpha value is -0.810. The van der Waals surface area contributed by atoms with Crippen molar-refractivity contribution in [1.82, 2.24) is 4.90 Å². The number of nitrogens with two attached hydrogens (primary N) is 1. The maximum absolute atomic E-state index is 10.5. The minimum Gasteiger partial charge on any atom is -0.496 e. The Morgan fingerprint density at radius 1 is 1.40 bits per heavy atom. The zero-order chi connectivity index (χ0) is 15.4. The molecule has 2 unspecified atom stereocenters. The predicted octanol–water partition coefficient (Wildman–Crippen LogP) is 2.28. The fourth-order valence-electron chi connectivity index (χ4n) is 2.25. The second kappa shape index (κ2) is 7.27. The van der Waals surface area contributed by atoms with Gasteiger partial charge in [-0.15, -0.1) is 0 Å². The highest BCUT2D eigenvalue weighted by molar-refractivity contribution is 6.32. The molecule has 0 amide bonds. The molecule has 0 bridgehead atoms. The maximum atomic E-state index is 10.5. The summed E-state index contributed by atoms with van der Waals surface area (Å²) < 4.78 is 5.37. The van der Waals surface area contributed by atoms with Gasteiger partial charge in [0.15, 0.2) is 0 Å². The number of aliphatic hydroxyl groups excluding tert-OH is 1. The number of hydrogen-bond donors (Lipinski definition) is 2. The fraction of sp³-hybridized carbons (Fsp3) is 0.600. The van der Waals surface area contributed by atoms with Crippen molar-refractivity contribution in [3.63, 3.8) is 0 Å². The van der Waals surface area contributed by atoms with Gasteiger partial charge in [0.1, 0.15) is 5.75 Å². The molecule has 1 aromatic carbocycles. The third-order valence-corrected chi connectivity index (χ3v) is 4.10. The van der Waals surface area contributed by atoms with Gasteiger partial charge in [0.05, 0.1) is 13.2 Å². The van der Waals surface area contributed by atoms with E-state index >= 15 is 0 Å². The van der Waals surface area contributed by atoms with Crippen molar-refractivity contribution in [3.8, 4) is 5.75 Å². The van der Waals surface area contributed by atoms with Gasteiger partial charge in [0.2, 0.25) is 0 Å². The summed E-state index contributed by atoms with van der Waals surface area (Å²) in [6.45, 7) is 4.62. The standard InChI is InChI=1S/C15H25ClN2O2/c1-9-8-12(20-5)13(10(2)14(9)16)15(19)11(17)6-7-18(3)4/h8,11,15,19H,6-7,17H2,1-5H3. The first kappa shape index (κ1) is 17.2. The molecule has 0 aliphatic carbocycles. The van der Waals surface area contributed by atoms with Crippen LogP contribution in [0.15, 0.2) is 6.07 Å². The van der Waals surface area contributed by atoms with Crippen LogP contribution in [0.2, 0.25) is 5.02 Å². The number of ether oxygens (including phenoxy) is 1. The smallest absolute Gasteiger partial charge is 0.125 e. The Morgan fingerprint density at radius 2 is 2.00 bits per heavy atom. The van der Waals surface area contributed by atoms with Crippen molar-refractivity contribution >= 4 is 11.6 Å². The van der Waals surface area contributed by atoms with E-state index < -0.39 is 6.10 Å². The van der Waals surface area contributed by atoms with Crippen LogP contribution in [0.4, 0.5) is 0 Å². The molecule has 0 aliphatic rings. The second-order valence-electron chi connectivity index (χ2n) is 5.45. The first-order chi connectivity index (χ1) is 9.29. The van der Waals surface area contributed by atoms with E-state index in [-0.39, 0.29) is 6.04 Å². The summed E-state index contributed by atoms with van der Waals surface area (Å²) in [6, 6.07) is 1.48. The summed E-state index contributed by atoms with van der Waals surface area (Å²) in [7, 11) is 5.55. The lowest BCUT2D eigenvalue weighted by Gasteiger charge is -2.25. The van der Waals surface area contributed by atoms with Gasteiger partial charge in [-0.05, 0) is 58.1 Å². The van der Waals surface area contributed by atoms with Crippen LogP contribution in [-0.2, 0) is 0 Å². The third kappa shape index (κ3) is 3.85. The molecule has 20 heavy (non-hydrogen) atoms. The van der Waals surface area contributed by atoms with E-state index in [2.05, 4.69) is 0 Å². The van der Waals surface area contributed by atoms with Crippen LogP contribution in [0.5, 0.6) is 5.75 Å². The predicted molar refractivity (Wildman–Crippen MR) is 83.6 cm³/mol. The van der Waals surface area contributed by atoms with Crippen LogP contribution < -0.4 is 10.5 Å². The number of halogens is 1. The summed E-state index contributed by atoms with van der Waals surface area (Å²) in [5, 5.41) is 11.2. The topological polar surface area (TPSA) is 58.7 Å². The first-order valence-corrected chi connectivity index (χ1v) is 7.09. The average Bonchev–Trinajstić information content (AvgIpc) is 2.40. The lowest BCUT2D eigenvalue weighted by molar-refractivity contribution is 0.133. The van der Waals surface area contributed by atoms with Gasteiger partial charge < -0.3 is 20.5 Å². The van der Waals surface area contributed by atoms with Gasteiger partial charge in [-0.2, -0.15) is 0 Å². The summed E-state index contributed by atoms with van der Waals surface area (Å²) in [5.74, 6) is 0.636. The van der Waals surface area contributed by atoms with Crippen molar-refractivity contribution in [2.45, 2.75) is 32.4 Å². The van der Waals surface area contributed by atoms with Gasteiger partial charge >= 0.3 is 0 Å². The van der Waals surface area contributed by atoms with Crippen LogP contribution in [-0.4, -0.2) is 43.8 Å².